The molecule has 2 N–H and O–H groups in total. The molecule has 18 heavy (non-hydrogen) atoms. The summed E-state index contributed by atoms with van der Waals surface area (Å²) >= 11 is 0. The maximum atomic E-state index is 4.58. The van der Waals surface area contributed by atoms with Gasteiger partial charge in [0.15, 0.2) is 5.96 Å². The Morgan fingerprint density at radius 3 is 3.28 bits per heavy atom. The summed E-state index contributed by atoms with van der Waals surface area (Å²) in [6.07, 6.45) is 5.20. The Bertz CT molecular complexity index is 584. The van der Waals surface area contributed by atoms with E-state index in [9.17, 15) is 0 Å². The van der Waals surface area contributed by atoms with Crippen molar-refractivity contribution >= 4 is 11.6 Å². The normalized spacial score (nSPS) is 15.3. The second-order valence-corrected chi connectivity index (χ2v) is 4.57. The van der Waals surface area contributed by atoms with Crippen molar-refractivity contribution in [1.29, 1.82) is 0 Å². The molecule has 0 aliphatic carbocycles. The molecule has 3 heterocycles. The van der Waals surface area contributed by atoms with Crippen molar-refractivity contribution in [3.05, 3.63) is 35.8 Å². The van der Waals surface area contributed by atoms with E-state index in [2.05, 4.69) is 39.7 Å². The minimum absolute atomic E-state index is 0.701. The van der Waals surface area contributed by atoms with Crippen molar-refractivity contribution in [2.24, 2.45) is 4.99 Å². The predicted octanol–water partition coefficient (Wildman–Crippen LogP) is 1.08. The number of nitrogens with zero attached hydrogens (tertiary/aromatic N) is 3. The first-order chi connectivity index (χ1) is 8.81. The highest BCUT2D eigenvalue weighted by atomic mass is 15.2. The Balaban J connectivity index is 1.72. The van der Waals surface area contributed by atoms with Crippen LogP contribution in [0.4, 0.5) is 0 Å². The van der Waals surface area contributed by atoms with E-state index in [4.69, 9.17) is 0 Å². The smallest absolute Gasteiger partial charge is 0.191 e. The number of rotatable bonds is 2. The van der Waals surface area contributed by atoms with E-state index in [1.807, 2.05) is 16.8 Å². The minimum Gasteiger partial charge on any atom is -0.356 e. The molecule has 0 aromatic carbocycles. The molecule has 0 bridgehead atoms. The number of hydrogen-bond acceptors (Lipinski definition) is 4. The molecular formula is C13H17N5. The largest absolute Gasteiger partial charge is 0.356 e. The molecule has 0 saturated carbocycles. The number of fused-ring (bicyclic) bond motifs is 1. The van der Waals surface area contributed by atoms with Crippen molar-refractivity contribution < 1.29 is 0 Å². The Morgan fingerprint density at radius 1 is 1.50 bits per heavy atom. The van der Waals surface area contributed by atoms with Crippen molar-refractivity contribution in [3.8, 4) is 0 Å². The van der Waals surface area contributed by atoms with Crippen LogP contribution in [-0.2, 0) is 6.54 Å². The molecule has 5 heteroatoms. The summed E-state index contributed by atoms with van der Waals surface area (Å²) in [6, 6.07) is 4.17. The lowest BCUT2D eigenvalue weighted by atomic mass is 10.3. The molecular weight excluding hydrogens is 226 g/mol. The molecule has 3 rings (SSSR count). The van der Waals surface area contributed by atoms with Gasteiger partial charge < -0.3 is 15.0 Å². The summed E-state index contributed by atoms with van der Waals surface area (Å²) < 4.78 is 2.04. The maximum Gasteiger partial charge on any atom is 0.191 e. The van der Waals surface area contributed by atoms with Crippen LogP contribution in [-0.4, -0.2) is 28.4 Å². The zero-order valence-corrected chi connectivity index (χ0v) is 10.5. The van der Waals surface area contributed by atoms with Gasteiger partial charge in [0, 0.05) is 25.5 Å². The SMILES string of the molecule is Cc1ccn2cc(CNC3=NCCCN3)nc2c1. The first kappa shape index (κ1) is 11.1. The Labute approximate surface area is 106 Å². The van der Waals surface area contributed by atoms with Gasteiger partial charge in [-0.25, -0.2) is 4.98 Å². The highest BCUT2D eigenvalue weighted by Crippen LogP contribution is 2.07. The average Bonchev–Trinajstić information content (AvgIpc) is 2.79. The molecule has 0 amide bonds. The topological polar surface area (TPSA) is 53.7 Å². The van der Waals surface area contributed by atoms with Crippen LogP contribution in [0.5, 0.6) is 0 Å². The fraction of sp³-hybridized carbons (Fsp3) is 0.385. The molecule has 2 aromatic heterocycles. The molecule has 0 fully saturated rings. The second-order valence-electron chi connectivity index (χ2n) is 4.57. The van der Waals surface area contributed by atoms with Gasteiger partial charge in [-0.2, -0.15) is 0 Å². The Kier molecular flexibility index (Phi) is 2.88. The van der Waals surface area contributed by atoms with Gasteiger partial charge in [0.25, 0.3) is 0 Å². The van der Waals surface area contributed by atoms with Gasteiger partial charge >= 0.3 is 0 Å². The van der Waals surface area contributed by atoms with Gasteiger partial charge in [0.05, 0.1) is 12.2 Å². The molecule has 0 spiro atoms. The summed E-state index contributed by atoms with van der Waals surface area (Å²) in [6.45, 7) is 4.68. The van der Waals surface area contributed by atoms with E-state index >= 15 is 0 Å². The first-order valence-electron chi connectivity index (χ1n) is 6.28. The lowest BCUT2D eigenvalue weighted by molar-refractivity contribution is 0.699. The van der Waals surface area contributed by atoms with Crippen LogP contribution >= 0.6 is 0 Å². The molecule has 0 atom stereocenters. The van der Waals surface area contributed by atoms with Crippen LogP contribution in [0.2, 0.25) is 0 Å². The monoisotopic (exact) mass is 243 g/mol. The summed E-state index contributed by atoms with van der Waals surface area (Å²) in [4.78, 5) is 8.95. The molecule has 94 valence electrons. The zero-order chi connectivity index (χ0) is 12.4. The number of nitrogens with one attached hydrogen (secondary N) is 2. The van der Waals surface area contributed by atoms with Gasteiger partial charge in [0.1, 0.15) is 5.65 Å². The van der Waals surface area contributed by atoms with Gasteiger partial charge in [-0.15, -0.1) is 0 Å². The van der Waals surface area contributed by atoms with Gasteiger partial charge in [-0.1, -0.05) is 0 Å². The fourth-order valence-electron chi connectivity index (χ4n) is 2.05. The van der Waals surface area contributed by atoms with Crippen molar-refractivity contribution in [3.63, 3.8) is 0 Å². The highest BCUT2D eigenvalue weighted by molar-refractivity contribution is 5.80. The maximum absolute atomic E-state index is 4.58. The van der Waals surface area contributed by atoms with Gasteiger partial charge in [-0.05, 0) is 31.0 Å². The summed E-state index contributed by atoms with van der Waals surface area (Å²) in [7, 11) is 0. The number of aryl methyl sites for hydroxylation is 1. The number of pyridine rings is 1. The van der Waals surface area contributed by atoms with Crippen LogP contribution < -0.4 is 10.6 Å². The summed E-state index contributed by atoms with van der Waals surface area (Å²) in [5.74, 6) is 0.884. The third-order valence-electron chi connectivity index (χ3n) is 3.00. The number of aromatic nitrogens is 2. The third-order valence-corrected chi connectivity index (χ3v) is 3.00. The molecule has 5 nitrogen and oxygen atoms in total. The number of hydrogen-bond donors (Lipinski definition) is 2. The molecule has 0 unspecified atom stereocenters. The zero-order valence-electron chi connectivity index (χ0n) is 10.5. The van der Waals surface area contributed by atoms with Crippen molar-refractivity contribution in [2.45, 2.75) is 19.9 Å². The lowest BCUT2D eigenvalue weighted by Crippen LogP contribution is -2.40. The van der Waals surface area contributed by atoms with Crippen molar-refractivity contribution in [2.75, 3.05) is 13.1 Å². The highest BCUT2D eigenvalue weighted by Gasteiger charge is 2.05. The standard InChI is InChI=1S/C13H17N5/c1-10-3-6-18-9-11(17-12(18)7-10)8-16-13-14-4-2-5-15-13/h3,6-7,9H,2,4-5,8H2,1H3,(H2,14,15,16). The third kappa shape index (κ3) is 2.30. The van der Waals surface area contributed by atoms with E-state index in [0.29, 0.717) is 6.54 Å². The van der Waals surface area contributed by atoms with Crippen LogP contribution in [0.15, 0.2) is 29.5 Å². The van der Waals surface area contributed by atoms with Crippen LogP contribution in [0.25, 0.3) is 5.65 Å². The number of imidazole rings is 1. The first-order valence-corrected chi connectivity index (χ1v) is 6.28. The molecule has 2 aromatic rings. The fourth-order valence-corrected chi connectivity index (χ4v) is 2.05. The molecule has 0 saturated heterocycles. The Morgan fingerprint density at radius 2 is 2.44 bits per heavy atom. The quantitative estimate of drug-likeness (QED) is 0.830. The second kappa shape index (κ2) is 4.68. The van der Waals surface area contributed by atoms with Gasteiger partial charge in [-0.3, -0.25) is 4.99 Å². The van der Waals surface area contributed by atoms with E-state index in [0.717, 1.165) is 36.8 Å². The number of guanidine groups is 1. The summed E-state index contributed by atoms with van der Waals surface area (Å²) in [5.41, 5.74) is 3.24. The van der Waals surface area contributed by atoms with E-state index in [1.165, 1.54) is 5.56 Å². The average molecular weight is 243 g/mol. The molecule has 1 aliphatic heterocycles. The van der Waals surface area contributed by atoms with Gasteiger partial charge in [0.2, 0.25) is 0 Å². The minimum atomic E-state index is 0.701. The van der Waals surface area contributed by atoms with E-state index in [1.54, 1.807) is 0 Å². The van der Waals surface area contributed by atoms with E-state index < -0.39 is 0 Å². The van der Waals surface area contributed by atoms with Crippen LogP contribution in [0, 0.1) is 6.92 Å². The van der Waals surface area contributed by atoms with E-state index in [-0.39, 0.29) is 0 Å². The number of aliphatic imine (C=N–C) groups is 1. The lowest BCUT2D eigenvalue weighted by Gasteiger charge is -2.15. The van der Waals surface area contributed by atoms with Crippen LogP contribution in [0.3, 0.4) is 0 Å². The molecule has 0 radical (unpaired) electrons. The Hall–Kier alpha value is -2.04. The molecule has 1 aliphatic rings. The predicted molar refractivity (Wildman–Crippen MR) is 71.7 cm³/mol. The van der Waals surface area contributed by atoms with Crippen LogP contribution in [0.1, 0.15) is 17.7 Å². The van der Waals surface area contributed by atoms with Crippen molar-refractivity contribution in [1.82, 2.24) is 20.0 Å². The summed E-state index contributed by atoms with van der Waals surface area (Å²) in [5, 5.41) is 6.51.